The van der Waals surface area contributed by atoms with Gasteiger partial charge in [0.2, 0.25) is 0 Å². The van der Waals surface area contributed by atoms with E-state index >= 15 is 0 Å². The number of rotatable bonds is 3. The molecule has 2 amide bonds. The molecule has 0 saturated heterocycles. The standard InChI is InChI=1S/C11H13BrN2O3/c1-6-3-4-8(12)9(5-6)14-11(17)13-7(2)10(15)16/h3-5,7H,1-2H3,(H,15,16)(H2,13,14,17)/t7-/m1/s1. The van der Waals surface area contributed by atoms with E-state index in [0.29, 0.717) is 5.69 Å². The molecule has 0 spiro atoms. The Morgan fingerprint density at radius 2 is 2.06 bits per heavy atom. The lowest BCUT2D eigenvalue weighted by atomic mass is 10.2. The van der Waals surface area contributed by atoms with Gasteiger partial charge < -0.3 is 15.7 Å². The van der Waals surface area contributed by atoms with Gasteiger partial charge in [-0.25, -0.2) is 4.79 Å². The average Bonchev–Trinajstić information content (AvgIpc) is 2.23. The van der Waals surface area contributed by atoms with E-state index in [1.165, 1.54) is 6.92 Å². The van der Waals surface area contributed by atoms with Crippen LogP contribution in [0.1, 0.15) is 12.5 Å². The predicted molar refractivity (Wildman–Crippen MR) is 68.1 cm³/mol. The van der Waals surface area contributed by atoms with E-state index in [2.05, 4.69) is 26.6 Å². The lowest BCUT2D eigenvalue weighted by molar-refractivity contribution is -0.138. The largest absolute Gasteiger partial charge is 0.480 e. The summed E-state index contributed by atoms with van der Waals surface area (Å²) in [5, 5.41) is 13.5. The van der Waals surface area contributed by atoms with E-state index < -0.39 is 18.0 Å². The Hall–Kier alpha value is -1.56. The van der Waals surface area contributed by atoms with Crippen LogP contribution in [0.2, 0.25) is 0 Å². The summed E-state index contributed by atoms with van der Waals surface area (Å²) in [4.78, 5) is 22.0. The summed E-state index contributed by atoms with van der Waals surface area (Å²) in [7, 11) is 0. The third kappa shape index (κ3) is 4.07. The van der Waals surface area contributed by atoms with E-state index in [1.807, 2.05) is 19.1 Å². The summed E-state index contributed by atoms with van der Waals surface area (Å²) in [5.74, 6) is -1.08. The average molecular weight is 301 g/mol. The molecule has 0 unspecified atom stereocenters. The molecule has 0 aromatic heterocycles. The maximum Gasteiger partial charge on any atom is 0.325 e. The summed E-state index contributed by atoms with van der Waals surface area (Å²) >= 11 is 3.30. The van der Waals surface area contributed by atoms with Gasteiger partial charge in [-0.2, -0.15) is 0 Å². The van der Waals surface area contributed by atoms with Gasteiger partial charge in [0.15, 0.2) is 0 Å². The van der Waals surface area contributed by atoms with Crippen molar-refractivity contribution in [2.75, 3.05) is 5.32 Å². The van der Waals surface area contributed by atoms with Crippen molar-refractivity contribution in [2.45, 2.75) is 19.9 Å². The van der Waals surface area contributed by atoms with Crippen molar-refractivity contribution < 1.29 is 14.7 Å². The molecule has 0 radical (unpaired) electrons. The molecule has 1 rings (SSSR count). The monoisotopic (exact) mass is 300 g/mol. The second-order valence-electron chi connectivity index (χ2n) is 3.64. The number of aryl methyl sites for hydroxylation is 1. The SMILES string of the molecule is Cc1ccc(Br)c(NC(=O)N[C@H](C)C(=O)O)c1. The minimum atomic E-state index is -1.08. The Morgan fingerprint density at radius 3 is 2.65 bits per heavy atom. The zero-order valence-electron chi connectivity index (χ0n) is 9.45. The number of carboxylic acids is 1. The summed E-state index contributed by atoms with van der Waals surface area (Å²) in [6.45, 7) is 3.29. The van der Waals surface area contributed by atoms with Crippen LogP contribution in [-0.2, 0) is 4.79 Å². The number of nitrogens with one attached hydrogen (secondary N) is 2. The van der Waals surface area contributed by atoms with Gasteiger partial charge in [0.1, 0.15) is 6.04 Å². The van der Waals surface area contributed by atoms with E-state index in [1.54, 1.807) is 6.07 Å². The zero-order valence-corrected chi connectivity index (χ0v) is 11.0. The second-order valence-corrected chi connectivity index (χ2v) is 4.50. The molecule has 0 aliphatic heterocycles. The van der Waals surface area contributed by atoms with Crippen LogP contribution < -0.4 is 10.6 Å². The fourth-order valence-electron chi connectivity index (χ4n) is 1.15. The van der Waals surface area contributed by atoms with E-state index in [9.17, 15) is 9.59 Å². The number of benzene rings is 1. The Bertz CT molecular complexity index is 448. The highest BCUT2D eigenvalue weighted by Crippen LogP contribution is 2.23. The van der Waals surface area contributed by atoms with E-state index in [-0.39, 0.29) is 0 Å². The third-order valence-corrected chi connectivity index (χ3v) is 2.78. The fourth-order valence-corrected chi connectivity index (χ4v) is 1.50. The van der Waals surface area contributed by atoms with Crippen LogP contribution in [0.15, 0.2) is 22.7 Å². The van der Waals surface area contributed by atoms with Crippen LogP contribution in [0, 0.1) is 6.92 Å². The molecule has 6 heteroatoms. The Kier molecular flexibility index (Phi) is 4.51. The first-order chi connectivity index (χ1) is 7.90. The molecule has 1 aromatic carbocycles. The number of carbonyl (C=O) groups is 2. The van der Waals surface area contributed by atoms with Crippen LogP contribution in [0.25, 0.3) is 0 Å². The molecule has 3 N–H and O–H groups in total. The number of anilines is 1. The van der Waals surface area contributed by atoms with Crippen molar-refractivity contribution in [2.24, 2.45) is 0 Å². The first-order valence-corrected chi connectivity index (χ1v) is 5.76. The Morgan fingerprint density at radius 1 is 1.41 bits per heavy atom. The molecular formula is C11H13BrN2O3. The summed E-state index contributed by atoms with van der Waals surface area (Å²) < 4.78 is 0.737. The normalized spacial score (nSPS) is 11.7. The van der Waals surface area contributed by atoms with Gasteiger partial charge in [0, 0.05) is 4.47 Å². The number of carbonyl (C=O) groups excluding carboxylic acids is 1. The van der Waals surface area contributed by atoms with Crippen molar-refractivity contribution in [3.63, 3.8) is 0 Å². The fraction of sp³-hybridized carbons (Fsp3) is 0.273. The molecule has 0 aliphatic carbocycles. The minimum Gasteiger partial charge on any atom is -0.480 e. The topological polar surface area (TPSA) is 78.4 Å². The lowest BCUT2D eigenvalue weighted by Gasteiger charge is -2.12. The lowest BCUT2D eigenvalue weighted by Crippen LogP contribution is -2.40. The quantitative estimate of drug-likeness (QED) is 0.802. The maximum absolute atomic E-state index is 11.5. The van der Waals surface area contributed by atoms with Crippen molar-refractivity contribution in [3.8, 4) is 0 Å². The first kappa shape index (κ1) is 13.5. The van der Waals surface area contributed by atoms with Gasteiger partial charge >= 0.3 is 12.0 Å². The van der Waals surface area contributed by atoms with Crippen LogP contribution in [-0.4, -0.2) is 23.1 Å². The summed E-state index contributed by atoms with van der Waals surface area (Å²) in [6.07, 6.45) is 0. The van der Waals surface area contributed by atoms with Crippen LogP contribution in [0.5, 0.6) is 0 Å². The van der Waals surface area contributed by atoms with Gasteiger partial charge in [0.25, 0.3) is 0 Å². The third-order valence-electron chi connectivity index (χ3n) is 2.09. The summed E-state index contributed by atoms with van der Waals surface area (Å²) in [6, 6.07) is 4.01. The number of amides is 2. The molecule has 92 valence electrons. The van der Waals surface area contributed by atoms with Crippen molar-refractivity contribution in [3.05, 3.63) is 28.2 Å². The molecule has 0 aliphatic rings. The van der Waals surface area contributed by atoms with Gasteiger partial charge in [-0.05, 0) is 47.5 Å². The van der Waals surface area contributed by atoms with Crippen molar-refractivity contribution in [1.82, 2.24) is 5.32 Å². The van der Waals surface area contributed by atoms with E-state index in [4.69, 9.17) is 5.11 Å². The molecule has 1 atom stereocenters. The van der Waals surface area contributed by atoms with E-state index in [0.717, 1.165) is 10.0 Å². The molecule has 1 aromatic rings. The van der Waals surface area contributed by atoms with Gasteiger partial charge in [-0.3, -0.25) is 4.79 Å². The number of carboxylic acid groups (broad SMARTS) is 1. The van der Waals surface area contributed by atoms with Gasteiger partial charge in [-0.1, -0.05) is 6.07 Å². The Balaban J connectivity index is 2.68. The number of aliphatic carboxylic acids is 1. The van der Waals surface area contributed by atoms with Crippen molar-refractivity contribution in [1.29, 1.82) is 0 Å². The first-order valence-electron chi connectivity index (χ1n) is 4.96. The summed E-state index contributed by atoms with van der Waals surface area (Å²) in [5.41, 5.74) is 1.59. The van der Waals surface area contributed by atoms with Crippen molar-refractivity contribution >= 4 is 33.6 Å². The van der Waals surface area contributed by atoms with Gasteiger partial charge in [-0.15, -0.1) is 0 Å². The van der Waals surface area contributed by atoms with Gasteiger partial charge in [0.05, 0.1) is 5.69 Å². The molecule has 0 heterocycles. The maximum atomic E-state index is 11.5. The second kappa shape index (κ2) is 5.67. The zero-order chi connectivity index (χ0) is 13.0. The number of hydrogen-bond donors (Lipinski definition) is 3. The Labute approximate surface area is 107 Å². The highest BCUT2D eigenvalue weighted by atomic mass is 79.9. The highest BCUT2D eigenvalue weighted by Gasteiger charge is 2.14. The molecule has 17 heavy (non-hydrogen) atoms. The molecular weight excluding hydrogens is 288 g/mol. The van der Waals surface area contributed by atoms with Crippen LogP contribution in [0.4, 0.5) is 10.5 Å². The van der Waals surface area contributed by atoms with Crippen LogP contribution in [0.3, 0.4) is 0 Å². The molecule has 5 nitrogen and oxygen atoms in total. The minimum absolute atomic E-state index is 0.550. The highest BCUT2D eigenvalue weighted by molar-refractivity contribution is 9.10. The molecule has 0 fully saturated rings. The number of hydrogen-bond acceptors (Lipinski definition) is 2. The van der Waals surface area contributed by atoms with Crippen LogP contribution >= 0.6 is 15.9 Å². The molecule has 0 bridgehead atoms. The predicted octanol–water partition coefficient (Wildman–Crippen LogP) is 2.35. The number of urea groups is 1. The molecule has 0 saturated carbocycles. The smallest absolute Gasteiger partial charge is 0.325 e. The number of halogens is 1.